The number of amides is 2. The first-order valence-corrected chi connectivity index (χ1v) is 11.7. The van der Waals surface area contributed by atoms with Gasteiger partial charge in [-0.1, -0.05) is 11.2 Å². The first kappa shape index (κ1) is 21.6. The number of aromatic nitrogens is 4. The Hall–Kier alpha value is -3.93. The van der Waals surface area contributed by atoms with Crippen LogP contribution in [-0.4, -0.2) is 64.4 Å². The molecule has 35 heavy (non-hydrogen) atoms. The molecular weight excluding hydrogens is 454 g/mol. The molecule has 0 spiro atoms. The molecule has 0 saturated carbocycles. The molecule has 2 amide bonds. The third kappa shape index (κ3) is 3.99. The largest absolute Gasteiger partial charge is 0.462 e. The fourth-order valence-corrected chi connectivity index (χ4v) is 4.82. The number of carbonyl (C=O) groups is 2. The lowest BCUT2D eigenvalue weighted by Crippen LogP contribution is -2.38. The molecule has 3 aliphatic rings. The van der Waals surface area contributed by atoms with Gasteiger partial charge in [0.05, 0.1) is 43.1 Å². The van der Waals surface area contributed by atoms with Gasteiger partial charge in [0, 0.05) is 31.2 Å². The highest BCUT2D eigenvalue weighted by atomic mass is 16.5. The number of anilines is 2. The van der Waals surface area contributed by atoms with Gasteiger partial charge < -0.3 is 24.1 Å². The van der Waals surface area contributed by atoms with E-state index in [1.807, 2.05) is 28.6 Å². The van der Waals surface area contributed by atoms with E-state index in [0.29, 0.717) is 62.6 Å². The molecule has 2 N–H and O–H groups in total. The van der Waals surface area contributed by atoms with Crippen LogP contribution < -0.4 is 15.5 Å². The first-order valence-electron chi connectivity index (χ1n) is 11.7. The Balaban J connectivity index is 1.19. The molecule has 1 unspecified atom stereocenters. The number of rotatable bonds is 4. The summed E-state index contributed by atoms with van der Waals surface area (Å²) in [5.41, 5.74) is 3.07. The van der Waals surface area contributed by atoms with Crippen LogP contribution in [0.5, 0.6) is 0 Å². The van der Waals surface area contributed by atoms with Crippen molar-refractivity contribution in [2.75, 3.05) is 36.6 Å². The summed E-state index contributed by atoms with van der Waals surface area (Å²) in [5, 5.41) is 18.8. The van der Waals surface area contributed by atoms with Crippen molar-refractivity contribution in [2.24, 2.45) is 0 Å². The van der Waals surface area contributed by atoms with E-state index in [9.17, 15) is 9.59 Å². The second-order valence-electron chi connectivity index (χ2n) is 8.81. The topological polar surface area (TPSA) is 137 Å². The molecule has 12 heteroatoms. The van der Waals surface area contributed by atoms with Gasteiger partial charge in [-0.15, -0.1) is 5.10 Å². The summed E-state index contributed by atoms with van der Waals surface area (Å²) >= 11 is 0. The normalized spacial score (nSPS) is 21.3. The van der Waals surface area contributed by atoms with Crippen LogP contribution in [0.15, 0.2) is 28.7 Å². The monoisotopic (exact) mass is 479 g/mol. The van der Waals surface area contributed by atoms with Crippen LogP contribution in [0.3, 0.4) is 0 Å². The van der Waals surface area contributed by atoms with Crippen LogP contribution in [0.2, 0.25) is 0 Å². The Morgan fingerprint density at radius 2 is 2.06 bits per heavy atom. The highest BCUT2D eigenvalue weighted by Crippen LogP contribution is 2.34. The summed E-state index contributed by atoms with van der Waals surface area (Å²) < 4.78 is 18.4. The molecule has 1 fully saturated rings. The number of carbonyl (C=O) groups excluding carboxylic acids is 2. The number of urea groups is 1. The van der Waals surface area contributed by atoms with Gasteiger partial charge >= 0.3 is 18.0 Å². The molecular formula is C23H25N7O5. The van der Waals surface area contributed by atoms with E-state index in [0.717, 1.165) is 23.2 Å². The predicted octanol–water partition coefficient (Wildman–Crippen LogP) is 2.14. The number of hydrogen-bond acceptors (Lipinski definition) is 9. The predicted molar refractivity (Wildman–Crippen MR) is 123 cm³/mol. The van der Waals surface area contributed by atoms with Crippen molar-refractivity contribution >= 4 is 23.8 Å². The summed E-state index contributed by atoms with van der Waals surface area (Å²) in [5.74, 6) is 0.521. The summed E-state index contributed by atoms with van der Waals surface area (Å²) in [7, 11) is 0. The maximum atomic E-state index is 12.3. The van der Waals surface area contributed by atoms with Crippen LogP contribution in [0.4, 0.5) is 16.6 Å². The van der Waals surface area contributed by atoms with E-state index >= 15 is 0 Å². The average Bonchev–Trinajstić information content (AvgIpc) is 3.61. The highest BCUT2D eigenvalue weighted by Gasteiger charge is 2.31. The molecule has 5 heterocycles. The number of esters is 1. The maximum absolute atomic E-state index is 12.3. The fraction of sp³-hybridized carbons (Fsp3) is 0.435. The summed E-state index contributed by atoms with van der Waals surface area (Å²) in [4.78, 5) is 26.4. The van der Waals surface area contributed by atoms with E-state index < -0.39 is 0 Å². The number of ether oxygens (including phenoxy) is 2. The Labute approximate surface area is 200 Å². The average molecular weight is 479 g/mol. The smallest absolute Gasteiger partial charge is 0.338 e. The standard InChI is InChI=1S/C23H25N7O5/c1-13-18-11-19(25-22(32)24-14-5-9-33-12-14)28-30(18)8-7-29(13)23-27-26-20(35-23)16-3-2-4-17-15(16)6-10-34-21(17)31/h2-4,11,13-14H,5-10,12H2,1H3,(H2,24,25,28,32)/t13?,14-/m1/s1. The van der Waals surface area contributed by atoms with E-state index in [1.54, 1.807) is 12.1 Å². The minimum absolute atomic E-state index is 0.0225. The molecule has 6 rings (SSSR count). The van der Waals surface area contributed by atoms with Gasteiger partial charge in [-0.25, -0.2) is 9.59 Å². The lowest BCUT2D eigenvalue weighted by molar-refractivity contribution is 0.0480. The zero-order valence-corrected chi connectivity index (χ0v) is 19.2. The maximum Gasteiger partial charge on any atom is 0.338 e. The van der Waals surface area contributed by atoms with Gasteiger partial charge in [0.2, 0.25) is 5.89 Å². The fourth-order valence-electron chi connectivity index (χ4n) is 4.82. The molecule has 182 valence electrons. The summed E-state index contributed by atoms with van der Waals surface area (Å²) in [6.07, 6.45) is 1.41. The number of benzene rings is 1. The molecule has 0 aliphatic carbocycles. The van der Waals surface area contributed by atoms with E-state index in [2.05, 4.69) is 25.9 Å². The quantitative estimate of drug-likeness (QED) is 0.539. The van der Waals surface area contributed by atoms with Crippen molar-refractivity contribution in [1.29, 1.82) is 0 Å². The van der Waals surface area contributed by atoms with Crippen molar-refractivity contribution in [1.82, 2.24) is 25.3 Å². The molecule has 1 saturated heterocycles. The Kier molecular flexibility index (Phi) is 5.36. The second kappa shape index (κ2) is 8.69. The molecule has 0 radical (unpaired) electrons. The molecule has 2 atom stereocenters. The van der Waals surface area contributed by atoms with Crippen molar-refractivity contribution in [3.05, 3.63) is 41.1 Å². The molecule has 1 aromatic carbocycles. The zero-order valence-electron chi connectivity index (χ0n) is 19.2. The van der Waals surface area contributed by atoms with Crippen molar-refractivity contribution in [2.45, 2.75) is 38.4 Å². The third-order valence-electron chi connectivity index (χ3n) is 6.64. The number of hydrogen-bond donors (Lipinski definition) is 2. The third-order valence-corrected chi connectivity index (χ3v) is 6.64. The molecule has 2 aromatic heterocycles. The van der Waals surface area contributed by atoms with Gasteiger partial charge in [0.1, 0.15) is 0 Å². The Bertz CT molecular complexity index is 1280. The van der Waals surface area contributed by atoms with E-state index in [1.165, 1.54) is 0 Å². The Morgan fingerprint density at radius 1 is 1.17 bits per heavy atom. The highest BCUT2D eigenvalue weighted by molar-refractivity contribution is 5.94. The lowest BCUT2D eigenvalue weighted by atomic mass is 9.97. The Morgan fingerprint density at radius 3 is 2.91 bits per heavy atom. The first-order chi connectivity index (χ1) is 17.1. The van der Waals surface area contributed by atoms with Crippen LogP contribution in [-0.2, 0) is 22.4 Å². The molecule has 12 nitrogen and oxygen atoms in total. The van der Waals surface area contributed by atoms with Crippen molar-refractivity contribution in [3.8, 4) is 11.5 Å². The molecule has 0 bridgehead atoms. The van der Waals surface area contributed by atoms with Gasteiger partial charge in [0.25, 0.3) is 0 Å². The van der Waals surface area contributed by atoms with Gasteiger partial charge in [-0.2, -0.15) is 5.10 Å². The molecule has 3 aliphatic heterocycles. The number of nitrogens with zero attached hydrogens (tertiary/aromatic N) is 5. The van der Waals surface area contributed by atoms with Crippen LogP contribution in [0, 0.1) is 0 Å². The van der Waals surface area contributed by atoms with Crippen LogP contribution in [0.1, 0.15) is 41.0 Å². The minimum Gasteiger partial charge on any atom is -0.462 e. The summed E-state index contributed by atoms with van der Waals surface area (Å²) in [6.45, 7) is 4.76. The van der Waals surface area contributed by atoms with Crippen molar-refractivity contribution in [3.63, 3.8) is 0 Å². The number of cyclic esters (lactones) is 1. The lowest BCUT2D eigenvalue weighted by Gasteiger charge is -2.32. The van der Waals surface area contributed by atoms with Crippen molar-refractivity contribution < 1.29 is 23.5 Å². The van der Waals surface area contributed by atoms with Gasteiger partial charge in [-0.05, 0) is 31.0 Å². The van der Waals surface area contributed by atoms with Gasteiger partial charge in [-0.3, -0.25) is 10.00 Å². The zero-order chi connectivity index (χ0) is 23.9. The minimum atomic E-state index is -0.333. The molecule has 3 aromatic rings. The summed E-state index contributed by atoms with van der Waals surface area (Å²) in [6, 6.07) is 7.29. The SMILES string of the molecule is CC1c2cc(NC(=O)N[C@@H]3CCOC3)nn2CCN1c1nnc(-c2cccc3c2CCOC3=O)o1. The van der Waals surface area contributed by atoms with Crippen LogP contribution >= 0.6 is 0 Å². The van der Waals surface area contributed by atoms with E-state index in [-0.39, 0.29) is 24.1 Å². The number of fused-ring (bicyclic) bond motifs is 2. The van der Waals surface area contributed by atoms with Crippen LogP contribution in [0.25, 0.3) is 11.5 Å². The second-order valence-corrected chi connectivity index (χ2v) is 8.81. The number of nitrogens with one attached hydrogen (secondary N) is 2. The van der Waals surface area contributed by atoms with E-state index in [4.69, 9.17) is 13.9 Å². The van der Waals surface area contributed by atoms with Gasteiger partial charge in [0.15, 0.2) is 5.82 Å².